The van der Waals surface area contributed by atoms with E-state index in [0.29, 0.717) is 5.69 Å². The lowest BCUT2D eigenvalue weighted by Crippen LogP contribution is -2.32. The number of sulfonamides is 1. The van der Waals surface area contributed by atoms with Crippen LogP contribution < -0.4 is 15.8 Å². The van der Waals surface area contributed by atoms with Crippen LogP contribution in [0.2, 0.25) is 0 Å². The summed E-state index contributed by atoms with van der Waals surface area (Å²) in [5.41, 5.74) is 6.85. The fraction of sp³-hybridized carbons (Fsp3) is 0.364. The first-order valence-corrected chi connectivity index (χ1v) is 7.27. The summed E-state index contributed by atoms with van der Waals surface area (Å²) in [5.74, 6) is -0.267. The van der Waals surface area contributed by atoms with Gasteiger partial charge in [-0.25, -0.2) is 13.1 Å². The predicted octanol–water partition coefficient (Wildman–Crippen LogP) is 0.443. The van der Waals surface area contributed by atoms with Crippen molar-refractivity contribution in [1.82, 2.24) is 4.72 Å². The van der Waals surface area contributed by atoms with Crippen molar-refractivity contribution in [3.05, 3.63) is 29.8 Å². The Kier molecular flexibility index (Phi) is 6.99. The summed E-state index contributed by atoms with van der Waals surface area (Å²) in [7, 11) is -3.20. The maximum absolute atomic E-state index is 11.3. The van der Waals surface area contributed by atoms with Crippen LogP contribution in [0.5, 0.6) is 0 Å². The Morgan fingerprint density at radius 2 is 1.84 bits per heavy atom. The Labute approximate surface area is 119 Å². The van der Waals surface area contributed by atoms with Gasteiger partial charge in [0.25, 0.3) is 0 Å². The second kappa shape index (κ2) is 7.44. The van der Waals surface area contributed by atoms with E-state index >= 15 is 0 Å². The van der Waals surface area contributed by atoms with Crippen molar-refractivity contribution in [3.63, 3.8) is 0 Å². The molecule has 1 aromatic rings. The largest absolute Gasteiger partial charge is 0.325 e. The predicted molar refractivity (Wildman–Crippen MR) is 77.7 cm³/mol. The summed E-state index contributed by atoms with van der Waals surface area (Å²) >= 11 is 0. The average Bonchev–Trinajstić information content (AvgIpc) is 2.27. The number of hydrogen-bond donors (Lipinski definition) is 3. The molecule has 0 spiro atoms. The minimum Gasteiger partial charge on any atom is -0.325 e. The van der Waals surface area contributed by atoms with E-state index in [2.05, 4.69) is 10.0 Å². The second-order valence-electron chi connectivity index (χ2n) is 4.07. The topological polar surface area (TPSA) is 101 Å². The van der Waals surface area contributed by atoms with Gasteiger partial charge >= 0.3 is 0 Å². The molecule has 0 aliphatic rings. The number of nitrogens with one attached hydrogen (secondary N) is 2. The van der Waals surface area contributed by atoms with Crippen molar-refractivity contribution in [1.29, 1.82) is 0 Å². The molecule has 0 aromatic heterocycles. The minimum absolute atomic E-state index is 0. The number of rotatable bonds is 5. The zero-order valence-corrected chi connectivity index (χ0v) is 12.3. The first-order chi connectivity index (χ1) is 8.28. The van der Waals surface area contributed by atoms with Gasteiger partial charge in [-0.2, -0.15) is 0 Å². The quantitative estimate of drug-likeness (QED) is 0.735. The molecule has 8 heteroatoms. The van der Waals surface area contributed by atoms with E-state index in [1.54, 1.807) is 31.2 Å². The summed E-state index contributed by atoms with van der Waals surface area (Å²) in [4.78, 5) is 11.3. The molecular formula is C11H18ClN3O3S. The smallest absolute Gasteiger partial charge is 0.240 e. The maximum atomic E-state index is 11.3. The number of benzene rings is 1. The summed E-state index contributed by atoms with van der Waals surface area (Å²) in [5, 5.41) is 2.64. The van der Waals surface area contributed by atoms with Gasteiger partial charge in [-0.05, 0) is 24.6 Å². The molecule has 1 aromatic carbocycles. The fourth-order valence-electron chi connectivity index (χ4n) is 1.18. The van der Waals surface area contributed by atoms with E-state index < -0.39 is 16.1 Å². The van der Waals surface area contributed by atoms with Crippen LogP contribution in [0.3, 0.4) is 0 Å². The van der Waals surface area contributed by atoms with Crippen molar-refractivity contribution in [3.8, 4) is 0 Å². The fourth-order valence-corrected chi connectivity index (χ4v) is 1.61. The molecule has 1 rings (SSSR count). The lowest BCUT2D eigenvalue weighted by molar-refractivity contribution is -0.117. The van der Waals surface area contributed by atoms with Gasteiger partial charge in [0.1, 0.15) is 0 Å². The molecule has 0 heterocycles. The first-order valence-electron chi connectivity index (χ1n) is 5.38. The van der Waals surface area contributed by atoms with Crippen LogP contribution in [0.4, 0.5) is 5.69 Å². The normalized spacial score (nSPS) is 12.4. The van der Waals surface area contributed by atoms with E-state index in [4.69, 9.17) is 5.73 Å². The Hall–Kier alpha value is -1.15. The first kappa shape index (κ1) is 17.8. The van der Waals surface area contributed by atoms with E-state index in [9.17, 15) is 13.2 Å². The van der Waals surface area contributed by atoms with Crippen molar-refractivity contribution in [2.45, 2.75) is 19.5 Å². The number of nitrogens with two attached hydrogens (primary N) is 1. The Morgan fingerprint density at radius 3 is 2.26 bits per heavy atom. The van der Waals surface area contributed by atoms with Gasteiger partial charge in [0.2, 0.25) is 15.9 Å². The molecular weight excluding hydrogens is 290 g/mol. The molecule has 0 unspecified atom stereocenters. The highest BCUT2D eigenvalue weighted by Gasteiger charge is 2.07. The summed E-state index contributed by atoms with van der Waals surface area (Å²) in [6.07, 6.45) is 1.10. The van der Waals surface area contributed by atoms with Gasteiger partial charge in [0.15, 0.2) is 0 Å². The van der Waals surface area contributed by atoms with Crippen LogP contribution in [0.15, 0.2) is 24.3 Å². The average molecular weight is 308 g/mol. The molecule has 0 aliphatic heterocycles. The molecule has 4 N–H and O–H groups in total. The van der Waals surface area contributed by atoms with E-state index in [0.717, 1.165) is 11.8 Å². The number of anilines is 1. The van der Waals surface area contributed by atoms with Crippen molar-refractivity contribution in [2.24, 2.45) is 5.73 Å². The molecule has 108 valence electrons. The zero-order chi connectivity index (χ0) is 13.8. The number of halogens is 1. The molecule has 1 atom stereocenters. The standard InChI is InChI=1S/C11H17N3O3S.ClH/c1-8(12)11(15)14-10-5-3-9(4-6-10)7-13-18(2,16)17;/h3-6,8,13H,7,12H2,1-2H3,(H,14,15);1H/t8-;/m1./s1. The van der Waals surface area contributed by atoms with Gasteiger partial charge in [0.05, 0.1) is 12.3 Å². The third kappa shape index (κ3) is 7.12. The molecule has 0 fully saturated rings. The molecule has 0 radical (unpaired) electrons. The number of amides is 1. The van der Waals surface area contributed by atoms with E-state index in [-0.39, 0.29) is 24.9 Å². The lowest BCUT2D eigenvalue weighted by atomic mass is 10.2. The van der Waals surface area contributed by atoms with Crippen LogP contribution >= 0.6 is 12.4 Å². The van der Waals surface area contributed by atoms with E-state index in [1.165, 1.54) is 0 Å². The summed E-state index contributed by atoms with van der Waals surface area (Å²) in [6.45, 7) is 1.82. The molecule has 0 bridgehead atoms. The van der Waals surface area contributed by atoms with Gasteiger partial charge in [-0.3, -0.25) is 4.79 Å². The zero-order valence-electron chi connectivity index (χ0n) is 10.7. The van der Waals surface area contributed by atoms with Crippen molar-refractivity contribution < 1.29 is 13.2 Å². The Balaban J connectivity index is 0.00000324. The van der Waals surface area contributed by atoms with Gasteiger partial charge in [0, 0.05) is 12.2 Å². The SMILES string of the molecule is C[C@@H](N)C(=O)Nc1ccc(CNS(C)(=O)=O)cc1.Cl. The van der Waals surface area contributed by atoms with Crippen molar-refractivity contribution in [2.75, 3.05) is 11.6 Å². The third-order valence-electron chi connectivity index (χ3n) is 2.17. The highest BCUT2D eigenvalue weighted by Crippen LogP contribution is 2.09. The molecule has 0 saturated heterocycles. The van der Waals surface area contributed by atoms with Gasteiger partial charge < -0.3 is 11.1 Å². The van der Waals surface area contributed by atoms with Crippen LogP contribution in [-0.4, -0.2) is 26.6 Å². The Morgan fingerprint density at radius 1 is 1.32 bits per heavy atom. The molecule has 0 saturated carbocycles. The maximum Gasteiger partial charge on any atom is 0.240 e. The molecule has 19 heavy (non-hydrogen) atoms. The number of carbonyl (C=O) groups is 1. The lowest BCUT2D eigenvalue weighted by Gasteiger charge is -2.08. The van der Waals surface area contributed by atoms with Crippen LogP contribution in [0, 0.1) is 0 Å². The highest BCUT2D eigenvalue weighted by molar-refractivity contribution is 7.88. The van der Waals surface area contributed by atoms with Gasteiger partial charge in [-0.1, -0.05) is 12.1 Å². The van der Waals surface area contributed by atoms with Crippen molar-refractivity contribution >= 4 is 34.0 Å². The van der Waals surface area contributed by atoms with Crippen LogP contribution in [0.25, 0.3) is 0 Å². The summed E-state index contributed by atoms with van der Waals surface area (Å²) in [6, 6.07) is 6.28. The Bertz CT molecular complexity index is 514. The molecule has 0 aliphatic carbocycles. The number of hydrogen-bond acceptors (Lipinski definition) is 4. The van der Waals surface area contributed by atoms with E-state index in [1.807, 2.05) is 0 Å². The monoisotopic (exact) mass is 307 g/mol. The number of carbonyl (C=O) groups excluding carboxylic acids is 1. The molecule has 6 nitrogen and oxygen atoms in total. The second-order valence-corrected chi connectivity index (χ2v) is 5.90. The third-order valence-corrected chi connectivity index (χ3v) is 2.84. The highest BCUT2D eigenvalue weighted by atomic mass is 35.5. The van der Waals surface area contributed by atoms with Crippen LogP contribution in [-0.2, 0) is 21.4 Å². The summed E-state index contributed by atoms with van der Waals surface area (Å²) < 4.78 is 24.2. The van der Waals surface area contributed by atoms with Gasteiger partial charge in [-0.15, -0.1) is 12.4 Å². The van der Waals surface area contributed by atoms with Crippen LogP contribution in [0.1, 0.15) is 12.5 Å². The molecule has 1 amide bonds. The minimum atomic E-state index is -3.20.